The first-order valence-corrected chi connectivity index (χ1v) is 3.86. The Kier molecular flexibility index (Phi) is 5.13. The zero-order valence-electron chi connectivity index (χ0n) is 7.32. The molecule has 0 aromatic rings. The van der Waals surface area contributed by atoms with E-state index in [1.807, 2.05) is 0 Å². The highest BCUT2D eigenvalue weighted by molar-refractivity contribution is 5.56. The summed E-state index contributed by atoms with van der Waals surface area (Å²) in [7, 11) is 0. The molecule has 0 bridgehead atoms. The largest absolute Gasteiger partial charge is 0.393 e. The van der Waals surface area contributed by atoms with Crippen LogP contribution in [0, 0.1) is 0 Å². The fourth-order valence-corrected chi connectivity index (χ4v) is 0.822. The van der Waals surface area contributed by atoms with Crippen LogP contribution in [0.4, 0.5) is 0 Å². The number of carbonyl (C=O) groups excluding carboxylic acids is 1. The van der Waals surface area contributed by atoms with Crippen LogP contribution in [0.2, 0.25) is 0 Å². The molecule has 14 heavy (non-hydrogen) atoms. The molecule has 6 N–H and O–H groups in total. The maximum atomic E-state index is 10.0. The minimum Gasteiger partial charge on any atom is -0.393 e. The molecule has 84 valence electrons. The van der Waals surface area contributed by atoms with Gasteiger partial charge in [0.15, 0.2) is 6.29 Å². The quantitative estimate of drug-likeness (QED) is 0.245. The van der Waals surface area contributed by atoms with Crippen LogP contribution < -0.4 is 0 Å². The molecule has 0 heterocycles. The van der Waals surface area contributed by atoms with E-state index in [0.717, 1.165) is 0 Å². The fraction of sp³-hybridized carbons (Fsp3) is 0.857. The van der Waals surface area contributed by atoms with Crippen molar-refractivity contribution in [2.75, 3.05) is 13.2 Å². The topological polar surface area (TPSA) is 138 Å². The molecule has 0 aromatic carbocycles. The van der Waals surface area contributed by atoms with Crippen molar-refractivity contribution < 1.29 is 35.4 Å². The average Bonchev–Trinajstić information content (AvgIpc) is 2.24. The number of rotatable bonds is 6. The monoisotopic (exact) mass is 210 g/mol. The molecular weight excluding hydrogens is 196 g/mol. The SMILES string of the molecule is O=C[C@H](O)[C@@H](O)[C@H](O)C(O)(CO)CO. The molecule has 0 amide bonds. The first-order chi connectivity index (χ1) is 6.42. The normalized spacial score (nSPS) is 18.7. The number of hydrogen-bond acceptors (Lipinski definition) is 7. The van der Waals surface area contributed by atoms with Crippen LogP contribution in [0.3, 0.4) is 0 Å². The highest BCUT2D eigenvalue weighted by Gasteiger charge is 2.41. The van der Waals surface area contributed by atoms with E-state index in [1.54, 1.807) is 0 Å². The van der Waals surface area contributed by atoms with Crippen LogP contribution in [0.1, 0.15) is 0 Å². The average molecular weight is 210 g/mol. The summed E-state index contributed by atoms with van der Waals surface area (Å²) in [5, 5.41) is 53.6. The van der Waals surface area contributed by atoms with Gasteiger partial charge < -0.3 is 35.4 Å². The summed E-state index contributed by atoms with van der Waals surface area (Å²) in [5.41, 5.74) is -2.36. The molecule has 0 fully saturated rings. The second-order valence-electron chi connectivity index (χ2n) is 2.98. The summed E-state index contributed by atoms with van der Waals surface area (Å²) < 4.78 is 0. The fourth-order valence-electron chi connectivity index (χ4n) is 0.822. The molecule has 3 atom stereocenters. The van der Waals surface area contributed by atoms with Crippen molar-refractivity contribution in [1.82, 2.24) is 0 Å². The molecule has 0 aliphatic rings. The van der Waals surface area contributed by atoms with Crippen LogP contribution in [0.25, 0.3) is 0 Å². The molecule has 0 radical (unpaired) electrons. The first kappa shape index (κ1) is 13.4. The number of hydrogen-bond donors (Lipinski definition) is 6. The van der Waals surface area contributed by atoms with Crippen molar-refractivity contribution in [3.8, 4) is 0 Å². The van der Waals surface area contributed by atoms with Crippen LogP contribution >= 0.6 is 0 Å². The van der Waals surface area contributed by atoms with Gasteiger partial charge in [0, 0.05) is 0 Å². The number of carbonyl (C=O) groups is 1. The van der Waals surface area contributed by atoms with E-state index in [0.29, 0.717) is 0 Å². The van der Waals surface area contributed by atoms with Crippen molar-refractivity contribution >= 4 is 6.29 Å². The van der Waals surface area contributed by atoms with Crippen LogP contribution in [-0.4, -0.2) is 74.1 Å². The van der Waals surface area contributed by atoms with Crippen molar-refractivity contribution in [2.24, 2.45) is 0 Å². The van der Waals surface area contributed by atoms with Gasteiger partial charge in [-0.15, -0.1) is 0 Å². The Morgan fingerprint density at radius 2 is 1.57 bits per heavy atom. The summed E-state index contributed by atoms with van der Waals surface area (Å²) in [4.78, 5) is 10.0. The highest BCUT2D eigenvalue weighted by atomic mass is 16.4. The van der Waals surface area contributed by atoms with Crippen LogP contribution in [0.15, 0.2) is 0 Å². The Labute approximate surface area is 79.9 Å². The Morgan fingerprint density at radius 1 is 1.14 bits per heavy atom. The van der Waals surface area contributed by atoms with Crippen molar-refractivity contribution in [2.45, 2.75) is 23.9 Å². The minimum atomic E-state index is -2.36. The van der Waals surface area contributed by atoms with E-state index in [1.165, 1.54) is 0 Å². The summed E-state index contributed by atoms with van der Waals surface area (Å²) in [6.45, 7) is -2.04. The van der Waals surface area contributed by atoms with Gasteiger partial charge >= 0.3 is 0 Å². The molecule has 0 aromatic heterocycles. The summed E-state index contributed by atoms with van der Waals surface area (Å²) in [6.07, 6.45) is -5.94. The van der Waals surface area contributed by atoms with Gasteiger partial charge in [0.2, 0.25) is 0 Å². The second-order valence-corrected chi connectivity index (χ2v) is 2.98. The first-order valence-electron chi connectivity index (χ1n) is 3.86. The Bertz CT molecular complexity index is 179. The maximum absolute atomic E-state index is 10.0. The summed E-state index contributed by atoms with van der Waals surface area (Å²) >= 11 is 0. The molecule has 0 aliphatic heterocycles. The van der Waals surface area contributed by atoms with E-state index in [-0.39, 0.29) is 6.29 Å². The number of aliphatic hydroxyl groups is 6. The lowest BCUT2D eigenvalue weighted by atomic mass is 9.92. The smallest absolute Gasteiger partial charge is 0.151 e. The molecule has 0 aliphatic carbocycles. The van der Waals surface area contributed by atoms with Crippen LogP contribution in [-0.2, 0) is 4.79 Å². The van der Waals surface area contributed by atoms with Crippen LogP contribution in [0.5, 0.6) is 0 Å². The summed E-state index contributed by atoms with van der Waals surface area (Å²) in [5.74, 6) is 0. The Balaban J connectivity index is 4.57. The minimum absolute atomic E-state index is 0.0386. The zero-order chi connectivity index (χ0) is 11.4. The molecule has 0 unspecified atom stereocenters. The third-order valence-electron chi connectivity index (χ3n) is 1.91. The predicted molar refractivity (Wildman–Crippen MR) is 43.2 cm³/mol. The third-order valence-corrected chi connectivity index (χ3v) is 1.91. The molecule has 7 nitrogen and oxygen atoms in total. The van der Waals surface area contributed by atoms with Gasteiger partial charge in [0.05, 0.1) is 13.2 Å². The zero-order valence-corrected chi connectivity index (χ0v) is 7.32. The van der Waals surface area contributed by atoms with Gasteiger partial charge in [-0.1, -0.05) is 0 Å². The molecule has 0 rings (SSSR count). The molecule has 0 spiro atoms. The van der Waals surface area contributed by atoms with Gasteiger partial charge in [-0.3, -0.25) is 0 Å². The van der Waals surface area contributed by atoms with Gasteiger partial charge in [-0.25, -0.2) is 0 Å². The van der Waals surface area contributed by atoms with Gasteiger partial charge in [0.1, 0.15) is 23.9 Å². The Morgan fingerprint density at radius 3 is 1.86 bits per heavy atom. The lowest BCUT2D eigenvalue weighted by Gasteiger charge is -2.32. The molecule has 0 saturated heterocycles. The second kappa shape index (κ2) is 5.35. The summed E-state index contributed by atoms with van der Waals surface area (Å²) in [6, 6.07) is 0. The lowest BCUT2D eigenvalue weighted by molar-refractivity contribution is -0.181. The maximum Gasteiger partial charge on any atom is 0.151 e. The van der Waals surface area contributed by atoms with Gasteiger partial charge in [-0.05, 0) is 0 Å². The van der Waals surface area contributed by atoms with E-state index in [9.17, 15) is 15.0 Å². The highest BCUT2D eigenvalue weighted by Crippen LogP contribution is 2.14. The Hall–Kier alpha value is -0.570. The molecule has 0 saturated carbocycles. The predicted octanol–water partition coefficient (Wildman–Crippen LogP) is -4.02. The van der Waals surface area contributed by atoms with Crippen molar-refractivity contribution in [1.29, 1.82) is 0 Å². The number of aliphatic hydroxyl groups excluding tert-OH is 5. The standard InChI is InChI=1S/C7H14O7/c8-1-4(11)5(12)6(13)7(14,2-9)3-10/h1,4-6,9-14H,2-3H2/t4-,5+,6-/m0/s1. The van der Waals surface area contributed by atoms with Crippen molar-refractivity contribution in [3.63, 3.8) is 0 Å². The van der Waals surface area contributed by atoms with E-state index in [4.69, 9.17) is 20.4 Å². The molecular formula is C7H14O7. The lowest BCUT2D eigenvalue weighted by Crippen LogP contribution is -2.57. The van der Waals surface area contributed by atoms with E-state index < -0.39 is 37.1 Å². The van der Waals surface area contributed by atoms with Crippen molar-refractivity contribution in [3.05, 3.63) is 0 Å². The third kappa shape index (κ3) is 2.71. The van der Waals surface area contributed by atoms with Gasteiger partial charge in [0.25, 0.3) is 0 Å². The number of aldehydes is 1. The van der Waals surface area contributed by atoms with E-state index in [2.05, 4.69) is 0 Å². The molecule has 7 heteroatoms. The van der Waals surface area contributed by atoms with E-state index >= 15 is 0 Å². The van der Waals surface area contributed by atoms with Gasteiger partial charge in [-0.2, -0.15) is 0 Å².